The molecule has 6 rings (SSSR count). The summed E-state index contributed by atoms with van der Waals surface area (Å²) in [5, 5.41) is 3.68. The fraction of sp³-hybridized carbons (Fsp3) is 0.333. The summed E-state index contributed by atoms with van der Waals surface area (Å²) in [7, 11) is 0. The molecule has 1 N–H and O–H groups in total. The van der Waals surface area contributed by atoms with Crippen LogP contribution in [-0.4, -0.2) is 45.0 Å². The van der Waals surface area contributed by atoms with Crippen molar-refractivity contribution < 1.29 is 4.99 Å². The molecule has 3 aliphatic heterocycles. The summed E-state index contributed by atoms with van der Waals surface area (Å²) in [4.78, 5) is 11.4. The number of nitrogens with one attached hydrogen (secondary N) is 1. The number of aromatic nitrogens is 1. The zero-order chi connectivity index (χ0) is 19.4. The monoisotopic (exact) mass is 468 g/mol. The van der Waals surface area contributed by atoms with Gasteiger partial charge < -0.3 is 0 Å². The molecule has 2 aromatic carbocycles. The number of rotatable bonds is 2. The van der Waals surface area contributed by atoms with E-state index in [-0.39, 0.29) is 14.5 Å². The van der Waals surface area contributed by atoms with E-state index in [0.29, 0.717) is 5.88 Å². The van der Waals surface area contributed by atoms with Crippen LogP contribution in [-0.2, 0) is 12.8 Å². The van der Waals surface area contributed by atoms with Gasteiger partial charge in [0.15, 0.2) is 0 Å². The Labute approximate surface area is 181 Å². The van der Waals surface area contributed by atoms with Crippen LogP contribution in [0.2, 0.25) is 0 Å². The number of halogens is 1. The number of fused-ring (bicyclic) bond motifs is 5. The van der Waals surface area contributed by atoms with Gasteiger partial charge in [-0.1, -0.05) is 0 Å². The van der Waals surface area contributed by atoms with Crippen molar-refractivity contribution in [3.05, 3.63) is 52.9 Å². The Balaban J connectivity index is 1.72. The van der Waals surface area contributed by atoms with Crippen molar-refractivity contribution in [3.8, 4) is 10.1 Å². The average Bonchev–Trinajstić information content (AvgIpc) is 2.77. The molecule has 0 radical (unpaired) electrons. The average molecular weight is 468 g/mol. The molecule has 0 aromatic heterocycles. The third kappa shape index (κ3) is 2.84. The summed E-state index contributed by atoms with van der Waals surface area (Å²) < 4.78 is 2.92. The normalized spacial score (nSPS) is 16.7. The quantitative estimate of drug-likeness (QED) is 0.212. The first-order valence-electron chi connectivity index (χ1n) is 10.5. The molecular weight excluding hydrogens is 445 g/mol. The molecule has 146 valence electrons. The second-order valence-corrected chi connectivity index (χ2v) is 10.6. The number of anilines is 1. The molecule has 29 heavy (non-hydrogen) atoms. The summed E-state index contributed by atoms with van der Waals surface area (Å²) in [6.45, 7) is 3.21. The Kier molecular flexibility index (Phi) is 4.41. The van der Waals surface area contributed by atoms with E-state index >= 15 is 0 Å². The van der Waals surface area contributed by atoms with E-state index < -0.39 is 0 Å². The van der Waals surface area contributed by atoms with Gasteiger partial charge in [0.25, 0.3) is 0 Å². The first-order valence-corrected chi connectivity index (χ1v) is 12.8. The summed E-state index contributed by atoms with van der Waals surface area (Å²) in [5.74, 6) is 0.607. The Hall–Kier alpha value is -1.87. The molecule has 0 saturated carbocycles. The van der Waals surface area contributed by atoms with Crippen LogP contribution in [0, 0.1) is 0 Å². The Bertz CT molecular complexity index is 1290. The summed E-state index contributed by atoms with van der Waals surface area (Å²) in [6, 6.07) is 13.4. The third-order valence-electron chi connectivity index (χ3n) is 6.29. The second-order valence-electron chi connectivity index (χ2n) is 8.05. The number of hydrogen-bond donors (Lipinski definition) is 1. The van der Waals surface area contributed by atoms with Crippen LogP contribution in [0.1, 0.15) is 24.0 Å². The van der Waals surface area contributed by atoms with E-state index in [1.807, 2.05) is 0 Å². The van der Waals surface area contributed by atoms with Gasteiger partial charge >= 0.3 is 181 Å². The molecule has 0 amide bonds. The molecule has 3 heterocycles. The molecule has 5 heteroatoms. The van der Waals surface area contributed by atoms with Crippen LogP contribution in [0.15, 0.2) is 36.4 Å². The first-order chi connectivity index (χ1) is 14.3. The van der Waals surface area contributed by atoms with Gasteiger partial charge in [0.2, 0.25) is 0 Å². The minimum atomic E-state index is 0.276. The van der Waals surface area contributed by atoms with E-state index in [1.165, 1.54) is 80.4 Å². The molecule has 1 aliphatic carbocycles. The van der Waals surface area contributed by atoms with Gasteiger partial charge in [-0.3, -0.25) is 0 Å². The number of hydrogen-bond acceptors (Lipinski definition) is 2. The van der Waals surface area contributed by atoms with Crippen LogP contribution >= 0.6 is 11.6 Å². The molecule has 3 nitrogen and oxygen atoms in total. The van der Waals surface area contributed by atoms with E-state index in [2.05, 4.69) is 46.3 Å². The maximum absolute atomic E-state index is 5.96. The number of alkyl halides is 1. The predicted octanol–water partition coefficient (Wildman–Crippen LogP) is 2.47. The van der Waals surface area contributed by atoms with Crippen LogP contribution < -0.4 is 15.2 Å². The summed E-state index contributed by atoms with van der Waals surface area (Å²) in [6.07, 6.45) is 4.95. The van der Waals surface area contributed by atoms with Crippen molar-refractivity contribution in [2.75, 3.05) is 30.4 Å². The number of aryl methyl sites for hydroxylation is 2. The van der Waals surface area contributed by atoms with Crippen LogP contribution in [0.4, 0.5) is 5.69 Å². The van der Waals surface area contributed by atoms with Gasteiger partial charge in [0, 0.05) is 0 Å². The molecule has 0 spiro atoms. The van der Waals surface area contributed by atoms with Gasteiger partial charge in [-0.15, -0.1) is 0 Å². The fourth-order valence-corrected chi connectivity index (χ4v) is 7.67. The van der Waals surface area contributed by atoms with Crippen molar-refractivity contribution in [2.24, 2.45) is 0 Å². The van der Waals surface area contributed by atoms with Crippen LogP contribution in [0.25, 0.3) is 30.7 Å². The molecule has 0 saturated heterocycles. The second kappa shape index (κ2) is 7.12. The molecule has 0 unspecified atom stereocenters. The van der Waals surface area contributed by atoms with Crippen LogP contribution in [0.3, 0.4) is 0 Å². The number of nitrogens with zero attached hydrogens (tertiary/aromatic N) is 2. The molecule has 4 aliphatic rings. The van der Waals surface area contributed by atoms with Gasteiger partial charge in [-0.25, -0.2) is 0 Å². The zero-order valence-electron chi connectivity index (χ0n) is 16.3. The topological polar surface area (TPSA) is 30.1 Å². The van der Waals surface area contributed by atoms with Gasteiger partial charge in [-0.05, 0) is 0 Å². The standard InChI is InChI=1S/C24H22ClN3Se/c25-9-10-26-19-14-21-22(17-7-2-1-6-16(17)19)27-20-13-15-5-3-11-28-12-4-8-18(23(15)28)24(20)29-21/h1-2,6-7,13-14H,3-5,8-12H2/p+1. The van der Waals surface area contributed by atoms with E-state index in [9.17, 15) is 0 Å². The van der Waals surface area contributed by atoms with Gasteiger partial charge in [0.1, 0.15) is 0 Å². The van der Waals surface area contributed by atoms with E-state index in [4.69, 9.17) is 16.6 Å². The van der Waals surface area contributed by atoms with Crippen LogP contribution in [0.5, 0.6) is 0 Å². The van der Waals surface area contributed by atoms with Gasteiger partial charge in [0.05, 0.1) is 0 Å². The van der Waals surface area contributed by atoms with Crippen molar-refractivity contribution in [3.63, 3.8) is 0 Å². The Morgan fingerprint density at radius 1 is 1.07 bits per heavy atom. The number of benzene rings is 3. The Morgan fingerprint density at radius 3 is 2.76 bits per heavy atom. The molecule has 0 fully saturated rings. The summed E-state index contributed by atoms with van der Waals surface area (Å²) >= 11 is 6.23. The third-order valence-corrected chi connectivity index (χ3v) is 8.98. The first kappa shape index (κ1) is 17.9. The SMILES string of the molecule is ClCC[NH+]=c1cc2[se]c3c4c5c(cc3nc-2c2ccccc12)CCCN5CCC4. The summed E-state index contributed by atoms with van der Waals surface area (Å²) in [5.41, 5.74) is 7.10. The Morgan fingerprint density at radius 2 is 1.90 bits per heavy atom. The van der Waals surface area contributed by atoms with E-state index in [0.717, 1.165) is 6.54 Å². The van der Waals surface area contributed by atoms with Gasteiger partial charge in [-0.2, -0.15) is 0 Å². The molecular formula is C24H23ClN3Se+. The molecule has 0 atom stereocenters. The minimum absolute atomic E-state index is 0.276. The fourth-order valence-electron chi connectivity index (χ4n) is 5.10. The van der Waals surface area contributed by atoms with Crippen molar-refractivity contribution in [1.29, 1.82) is 0 Å². The van der Waals surface area contributed by atoms with Crippen molar-refractivity contribution in [1.82, 2.24) is 4.98 Å². The van der Waals surface area contributed by atoms with E-state index in [1.54, 1.807) is 11.3 Å². The predicted molar refractivity (Wildman–Crippen MR) is 121 cm³/mol. The maximum atomic E-state index is 5.96. The molecule has 0 bridgehead atoms. The zero-order valence-corrected chi connectivity index (χ0v) is 18.8. The van der Waals surface area contributed by atoms with Crippen molar-refractivity contribution in [2.45, 2.75) is 25.7 Å². The van der Waals surface area contributed by atoms with Crippen molar-refractivity contribution >= 4 is 52.3 Å². The molecule has 2 aromatic rings.